The van der Waals surface area contributed by atoms with Crippen LogP contribution in [0, 0.1) is 0 Å². The van der Waals surface area contributed by atoms with Crippen molar-refractivity contribution >= 4 is 39.1 Å². The lowest BCUT2D eigenvalue weighted by Gasteiger charge is -2.05. The van der Waals surface area contributed by atoms with Crippen LogP contribution in [0.1, 0.15) is 10.5 Å². The van der Waals surface area contributed by atoms with Gasteiger partial charge in [-0.25, -0.2) is 4.98 Å². The Labute approximate surface area is 117 Å². The van der Waals surface area contributed by atoms with E-state index in [1.165, 1.54) is 12.1 Å². The molecule has 2 aromatic rings. The molecule has 0 atom stereocenters. The number of amides is 1. The zero-order valence-electron chi connectivity index (χ0n) is 9.02. The molecule has 0 saturated carbocycles. The van der Waals surface area contributed by atoms with Gasteiger partial charge in [-0.15, -0.1) is 0 Å². The quantitative estimate of drug-likeness (QED) is 0.830. The van der Waals surface area contributed by atoms with Crippen molar-refractivity contribution in [2.75, 3.05) is 5.32 Å². The summed E-state index contributed by atoms with van der Waals surface area (Å²) < 4.78 is 0.798. The Morgan fingerprint density at radius 3 is 2.72 bits per heavy atom. The van der Waals surface area contributed by atoms with Gasteiger partial charge in [-0.2, -0.15) is 0 Å². The molecular formula is C12H8BrClN2O2. The van der Waals surface area contributed by atoms with Gasteiger partial charge in [0.05, 0.1) is 5.02 Å². The third-order valence-corrected chi connectivity index (χ3v) is 2.94. The molecule has 1 heterocycles. The standard InChI is InChI=1S/C12H8BrClN2O2/c13-7-1-3-10(15-6-7)12(18)16-8-2-4-11(17)9(14)5-8/h1-6,17H,(H,16,18). The lowest BCUT2D eigenvalue weighted by molar-refractivity contribution is 0.102. The number of hydrogen-bond donors (Lipinski definition) is 2. The summed E-state index contributed by atoms with van der Waals surface area (Å²) in [4.78, 5) is 15.8. The molecule has 0 bridgehead atoms. The fourth-order valence-electron chi connectivity index (χ4n) is 1.29. The van der Waals surface area contributed by atoms with Crippen molar-refractivity contribution in [1.29, 1.82) is 0 Å². The molecule has 6 heteroatoms. The van der Waals surface area contributed by atoms with Crippen molar-refractivity contribution in [1.82, 2.24) is 4.98 Å². The van der Waals surface area contributed by atoms with Crippen molar-refractivity contribution < 1.29 is 9.90 Å². The maximum absolute atomic E-state index is 11.8. The molecule has 0 aliphatic carbocycles. The first-order valence-corrected chi connectivity index (χ1v) is 6.15. The zero-order valence-corrected chi connectivity index (χ0v) is 11.4. The normalized spacial score (nSPS) is 10.1. The number of nitrogens with one attached hydrogen (secondary N) is 1. The van der Waals surface area contributed by atoms with Gasteiger partial charge in [0.15, 0.2) is 0 Å². The van der Waals surface area contributed by atoms with Crippen molar-refractivity contribution in [2.24, 2.45) is 0 Å². The van der Waals surface area contributed by atoms with Gasteiger partial charge in [0.1, 0.15) is 11.4 Å². The second-order valence-electron chi connectivity index (χ2n) is 3.48. The average Bonchev–Trinajstić information content (AvgIpc) is 2.34. The number of halogens is 2. The molecule has 18 heavy (non-hydrogen) atoms. The minimum Gasteiger partial charge on any atom is -0.506 e. The van der Waals surface area contributed by atoms with E-state index in [0.717, 1.165) is 4.47 Å². The fraction of sp³-hybridized carbons (Fsp3) is 0. The van der Waals surface area contributed by atoms with Crippen LogP contribution in [-0.4, -0.2) is 16.0 Å². The van der Waals surface area contributed by atoms with E-state index >= 15 is 0 Å². The Bertz CT molecular complexity index is 587. The Balaban J connectivity index is 2.16. The summed E-state index contributed by atoms with van der Waals surface area (Å²) in [6.07, 6.45) is 1.54. The number of pyridine rings is 1. The SMILES string of the molecule is O=C(Nc1ccc(O)c(Cl)c1)c1ccc(Br)cn1. The Morgan fingerprint density at radius 1 is 1.33 bits per heavy atom. The number of nitrogens with zero attached hydrogens (tertiary/aromatic N) is 1. The molecular weight excluding hydrogens is 320 g/mol. The summed E-state index contributed by atoms with van der Waals surface area (Å²) in [6, 6.07) is 7.76. The first-order valence-electron chi connectivity index (χ1n) is 4.97. The van der Waals surface area contributed by atoms with Crippen molar-refractivity contribution in [2.45, 2.75) is 0 Å². The zero-order chi connectivity index (χ0) is 13.1. The number of hydrogen-bond acceptors (Lipinski definition) is 3. The molecule has 1 aromatic heterocycles. The monoisotopic (exact) mass is 326 g/mol. The van der Waals surface area contributed by atoms with Gasteiger partial charge in [-0.05, 0) is 46.3 Å². The third-order valence-electron chi connectivity index (χ3n) is 2.17. The number of anilines is 1. The summed E-state index contributed by atoms with van der Waals surface area (Å²) >= 11 is 8.98. The number of carbonyl (C=O) groups excluding carboxylic acids is 1. The Kier molecular flexibility index (Phi) is 3.84. The van der Waals surface area contributed by atoms with Gasteiger partial charge in [-0.3, -0.25) is 4.79 Å². The molecule has 0 aliphatic rings. The van der Waals surface area contributed by atoms with Crippen LogP contribution in [0.2, 0.25) is 5.02 Å². The van der Waals surface area contributed by atoms with Crippen LogP contribution >= 0.6 is 27.5 Å². The Morgan fingerprint density at radius 2 is 2.11 bits per heavy atom. The van der Waals surface area contributed by atoms with Crippen LogP contribution < -0.4 is 5.32 Å². The van der Waals surface area contributed by atoms with Crippen LogP contribution in [0.3, 0.4) is 0 Å². The molecule has 4 nitrogen and oxygen atoms in total. The largest absolute Gasteiger partial charge is 0.506 e. The van der Waals surface area contributed by atoms with Gasteiger partial charge in [-0.1, -0.05) is 11.6 Å². The van der Waals surface area contributed by atoms with Crippen molar-refractivity contribution in [3.8, 4) is 5.75 Å². The number of phenols is 1. The van der Waals surface area contributed by atoms with Gasteiger partial charge in [0.2, 0.25) is 0 Å². The van der Waals surface area contributed by atoms with E-state index in [9.17, 15) is 9.90 Å². The second-order valence-corrected chi connectivity index (χ2v) is 4.80. The highest BCUT2D eigenvalue weighted by molar-refractivity contribution is 9.10. The van der Waals surface area contributed by atoms with E-state index < -0.39 is 0 Å². The number of rotatable bonds is 2. The lowest BCUT2D eigenvalue weighted by Crippen LogP contribution is -2.13. The predicted molar refractivity (Wildman–Crippen MR) is 73.0 cm³/mol. The van der Waals surface area contributed by atoms with Crippen LogP contribution in [-0.2, 0) is 0 Å². The summed E-state index contributed by atoms with van der Waals surface area (Å²) in [5.41, 5.74) is 0.787. The summed E-state index contributed by atoms with van der Waals surface area (Å²) in [5, 5.41) is 12.1. The molecule has 1 amide bonds. The fourth-order valence-corrected chi connectivity index (χ4v) is 1.71. The maximum Gasteiger partial charge on any atom is 0.274 e. The Hall–Kier alpha value is -1.59. The summed E-state index contributed by atoms with van der Waals surface area (Å²) in [6.45, 7) is 0. The topological polar surface area (TPSA) is 62.2 Å². The molecule has 0 aliphatic heterocycles. The number of benzene rings is 1. The molecule has 0 spiro atoms. The van der Waals surface area contributed by atoms with E-state index in [1.807, 2.05) is 0 Å². The smallest absolute Gasteiger partial charge is 0.274 e. The molecule has 0 unspecified atom stereocenters. The van der Waals surface area contributed by atoms with E-state index in [4.69, 9.17) is 11.6 Å². The number of aromatic nitrogens is 1. The van der Waals surface area contributed by atoms with E-state index in [0.29, 0.717) is 11.4 Å². The molecule has 2 rings (SSSR count). The second kappa shape index (κ2) is 5.37. The van der Waals surface area contributed by atoms with Crippen LogP contribution in [0.5, 0.6) is 5.75 Å². The van der Waals surface area contributed by atoms with Crippen LogP contribution in [0.25, 0.3) is 0 Å². The molecule has 0 fully saturated rings. The first-order chi connectivity index (χ1) is 8.56. The highest BCUT2D eigenvalue weighted by Crippen LogP contribution is 2.26. The minimum atomic E-state index is -0.343. The van der Waals surface area contributed by atoms with Crippen molar-refractivity contribution in [3.63, 3.8) is 0 Å². The lowest BCUT2D eigenvalue weighted by atomic mass is 10.3. The van der Waals surface area contributed by atoms with E-state index in [-0.39, 0.29) is 16.7 Å². The molecule has 2 N–H and O–H groups in total. The third kappa shape index (κ3) is 3.00. The molecule has 92 valence electrons. The number of carbonyl (C=O) groups is 1. The van der Waals surface area contributed by atoms with Gasteiger partial charge < -0.3 is 10.4 Å². The maximum atomic E-state index is 11.8. The highest BCUT2D eigenvalue weighted by Gasteiger charge is 2.08. The molecule has 0 radical (unpaired) electrons. The number of phenolic OH excluding ortho intramolecular Hbond substituents is 1. The van der Waals surface area contributed by atoms with Crippen molar-refractivity contribution in [3.05, 3.63) is 51.7 Å². The predicted octanol–water partition coefficient (Wildman–Crippen LogP) is 3.46. The van der Waals surface area contributed by atoms with Crippen LogP contribution in [0.15, 0.2) is 41.0 Å². The summed E-state index contributed by atoms with van der Waals surface area (Å²) in [5.74, 6) is -0.374. The van der Waals surface area contributed by atoms with Gasteiger partial charge >= 0.3 is 0 Å². The minimum absolute atomic E-state index is 0.0311. The molecule has 0 saturated heterocycles. The van der Waals surface area contributed by atoms with E-state index in [2.05, 4.69) is 26.2 Å². The van der Waals surface area contributed by atoms with Crippen LogP contribution in [0.4, 0.5) is 5.69 Å². The molecule has 1 aromatic carbocycles. The average molecular weight is 328 g/mol. The summed E-state index contributed by atoms with van der Waals surface area (Å²) in [7, 11) is 0. The van der Waals surface area contributed by atoms with Gasteiger partial charge in [0, 0.05) is 16.4 Å². The first kappa shape index (κ1) is 12.9. The highest BCUT2D eigenvalue weighted by atomic mass is 79.9. The number of aromatic hydroxyl groups is 1. The van der Waals surface area contributed by atoms with E-state index in [1.54, 1.807) is 24.4 Å². The van der Waals surface area contributed by atoms with Gasteiger partial charge in [0.25, 0.3) is 5.91 Å².